The van der Waals surface area contributed by atoms with Crippen LogP contribution >= 0.6 is 0 Å². The van der Waals surface area contributed by atoms with Gasteiger partial charge >= 0.3 is 0 Å². The molecule has 0 saturated carbocycles. The van der Waals surface area contributed by atoms with Crippen molar-refractivity contribution in [3.8, 4) is 0 Å². The van der Waals surface area contributed by atoms with E-state index in [1.54, 1.807) is 11.1 Å². The molecule has 136 valence electrons. The molecule has 2 fully saturated rings. The van der Waals surface area contributed by atoms with E-state index >= 15 is 0 Å². The minimum Gasteiger partial charge on any atom is -0.347 e. The quantitative estimate of drug-likeness (QED) is 0.913. The second kappa shape index (κ2) is 7.01. The molecule has 7 nitrogen and oxygen atoms in total. The van der Waals surface area contributed by atoms with E-state index in [1.165, 1.54) is 11.8 Å². The van der Waals surface area contributed by atoms with Gasteiger partial charge in [-0.3, -0.25) is 4.79 Å². The van der Waals surface area contributed by atoms with Crippen molar-refractivity contribution >= 4 is 17.4 Å². The van der Waals surface area contributed by atoms with Crippen molar-refractivity contribution in [3.05, 3.63) is 47.9 Å². The normalized spacial score (nSPS) is 18.9. The maximum Gasteiger partial charge on any atom is 0.274 e. The molecule has 0 aliphatic carbocycles. The van der Waals surface area contributed by atoms with Gasteiger partial charge in [0.2, 0.25) is 0 Å². The first-order chi connectivity index (χ1) is 12.6. The lowest BCUT2D eigenvalue weighted by atomic mass is 10.0. The van der Waals surface area contributed by atoms with Crippen LogP contribution in [0.4, 0.5) is 11.5 Å². The Morgan fingerprint density at radius 3 is 2.38 bits per heavy atom. The minimum atomic E-state index is -0.482. The molecular weight excluding hydrogens is 332 g/mol. The zero-order chi connectivity index (χ0) is 18.0. The second-order valence-corrected chi connectivity index (χ2v) is 6.68. The van der Waals surface area contributed by atoms with Crippen molar-refractivity contribution in [2.24, 2.45) is 0 Å². The number of nitrogens with zero attached hydrogens (tertiary/aromatic N) is 3. The number of benzene rings is 1. The number of hydrogen-bond acceptors (Lipinski definition) is 6. The zero-order valence-electron chi connectivity index (χ0n) is 14.8. The summed E-state index contributed by atoms with van der Waals surface area (Å²) in [6.07, 6.45) is 4.49. The van der Waals surface area contributed by atoms with Gasteiger partial charge in [0, 0.05) is 31.6 Å². The Morgan fingerprint density at radius 1 is 1.08 bits per heavy atom. The second-order valence-electron chi connectivity index (χ2n) is 6.68. The standard InChI is InChI=1S/C19H22N4O3/c1-14-2-4-15(5-3-14)22-17-13-20-16(12-21-17)18(24)23-8-6-19(7-9-23)25-10-11-26-19/h2-5,12-13H,6-11H2,1H3,(H,21,22). The number of carbonyl (C=O) groups is 1. The van der Waals surface area contributed by atoms with Crippen LogP contribution in [-0.2, 0) is 9.47 Å². The Labute approximate surface area is 152 Å². The van der Waals surface area contributed by atoms with E-state index in [4.69, 9.17) is 9.47 Å². The van der Waals surface area contributed by atoms with Gasteiger partial charge in [0.15, 0.2) is 5.79 Å². The van der Waals surface area contributed by atoms with E-state index in [0.717, 1.165) is 5.69 Å². The summed E-state index contributed by atoms with van der Waals surface area (Å²) >= 11 is 0. The fourth-order valence-electron chi connectivity index (χ4n) is 3.29. The smallest absolute Gasteiger partial charge is 0.274 e. The number of aromatic nitrogens is 2. The van der Waals surface area contributed by atoms with Gasteiger partial charge in [0.05, 0.1) is 25.6 Å². The SMILES string of the molecule is Cc1ccc(Nc2cnc(C(=O)N3CCC4(CC3)OCCO4)cn2)cc1. The first kappa shape index (κ1) is 16.9. The number of carbonyl (C=O) groups excluding carboxylic acids is 1. The molecule has 1 N–H and O–H groups in total. The summed E-state index contributed by atoms with van der Waals surface area (Å²) in [7, 11) is 0. The summed E-state index contributed by atoms with van der Waals surface area (Å²) in [5.74, 6) is 0.0209. The van der Waals surface area contributed by atoms with Gasteiger partial charge in [0.25, 0.3) is 5.91 Å². The molecule has 26 heavy (non-hydrogen) atoms. The van der Waals surface area contributed by atoms with Crippen LogP contribution in [-0.4, -0.2) is 52.9 Å². The third-order valence-corrected chi connectivity index (χ3v) is 4.82. The Morgan fingerprint density at radius 2 is 1.77 bits per heavy atom. The van der Waals surface area contributed by atoms with Crippen LogP contribution in [0.5, 0.6) is 0 Å². The van der Waals surface area contributed by atoms with E-state index in [2.05, 4.69) is 15.3 Å². The van der Waals surface area contributed by atoms with Crippen molar-refractivity contribution in [3.63, 3.8) is 0 Å². The highest BCUT2D eigenvalue weighted by Gasteiger charge is 2.41. The predicted molar refractivity (Wildman–Crippen MR) is 96.3 cm³/mol. The molecule has 2 saturated heterocycles. The third kappa shape index (κ3) is 3.54. The van der Waals surface area contributed by atoms with Crippen LogP contribution in [0.3, 0.4) is 0 Å². The maximum absolute atomic E-state index is 12.6. The Kier molecular flexibility index (Phi) is 4.57. The number of nitrogens with one attached hydrogen (secondary N) is 1. The van der Waals surface area contributed by atoms with Crippen LogP contribution in [0.1, 0.15) is 28.9 Å². The molecule has 1 amide bonds. The molecule has 2 aliphatic heterocycles. The van der Waals surface area contributed by atoms with E-state index in [1.807, 2.05) is 31.2 Å². The molecule has 0 unspecified atom stereocenters. The summed E-state index contributed by atoms with van der Waals surface area (Å²) < 4.78 is 11.4. The molecule has 0 atom stereocenters. The van der Waals surface area contributed by atoms with Gasteiger partial charge < -0.3 is 19.7 Å². The van der Waals surface area contributed by atoms with Crippen molar-refractivity contribution in [2.75, 3.05) is 31.6 Å². The minimum absolute atomic E-state index is 0.104. The summed E-state index contributed by atoms with van der Waals surface area (Å²) in [6, 6.07) is 8.00. The van der Waals surface area contributed by atoms with Crippen LogP contribution in [0.15, 0.2) is 36.7 Å². The zero-order valence-corrected chi connectivity index (χ0v) is 14.8. The summed E-state index contributed by atoms with van der Waals surface area (Å²) in [4.78, 5) is 23.0. The molecule has 4 rings (SSSR count). The van der Waals surface area contributed by atoms with E-state index < -0.39 is 5.79 Å². The molecule has 3 heterocycles. The van der Waals surface area contributed by atoms with Crippen molar-refractivity contribution < 1.29 is 14.3 Å². The van der Waals surface area contributed by atoms with Crippen molar-refractivity contribution in [1.82, 2.24) is 14.9 Å². The summed E-state index contributed by atoms with van der Waals surface area (Å²) in [5.41, 5.74) is 2.48. The largest absolute Gasteiger partial charge is 0.347 e. The van der Waals surface area contributed by atoms with E-state index in [0.29, 0.717) is 50.7 Å². The summed E-state index contributed by atoms with van der Waals surface area (Å²) in [6.45, 7) is 4.51. The Bertz CT molecular complexity index is 760. The highest BCUT2D eigenvalue weighted by atomic mass is 16.7. The van der Waals surface area contributed by atoms with Gasteiger partial charge in [0.1, 0.15) is 11.5 Å². The van der Waals surface area contributed by atoms with Crippen molar-refractivity contribution in [2.45, 2.75) is 25.6 Å². The number of likely N-dealkylation sites (tertiary alicyclic amines) is 1. The molecule has 2 aliphatic rings. The Hall–Kier alpha value is -2.51. The molecule has 1 aromatic heterocycles. The fourth-order valence-corrected chi connectivity index (χ4v) is 3.29. The molecule has 7 heteroatoms. The third-order valence-electron chi connectivity index (χ3n) is 4.82. The first-order valence-corrected chi connectivity index (χ1v) is 8.87. The van der Waals surface area contributed by atoms with Gasteiger partial charge in [-0.2, -0.15) is 0 Å². The van der Waals surface area contributed by atoms with Gasteiger partial charge in [-0.25, -0.2) is 9.97 Å². The molecule has 0 bridgehead atoms. The average molecular weight is 354 g/mol. The lowest BCUT2D eigenvalue weighted by molar-refractivity contribution is -0.181. The Balaban J connectivity index is 1.37. The number of piperidine rings is 1. The predicted octanol–water partition coefficient (Wildman–Crippen LogP) is 2.51. The van der Waals surface area contributed by atoms with Crippen LogP contribution < -0.4 is 5.32 Å². The van der Waals surface area contributed by atoms with Gasteiger partial charge in [-0.05, 0) is 19.1 Å². The average Bonchev–Trinajstić information content (AvgIpc) is 3.12. The number of anilines is 2. The molecule has 0 radical (unpaired) electrons. The van der Waals surface area contributed by atoms with Crippen LogP contribution in [0.2, 0.25) is 0 Å². The summed E-state index contributed by atoms with van der Waals surface area (Å²) in [5, 5.41) is 3.18. The van der Waals surface area contributed by atoms with Crippen LogP contribution in [0.25, 0.3) is 0 Å². The van der Waals surface area contributed by atoms with Crippen LogP contribution in [0, 0.1) is 6.92 Å². The number of ether oxygens (including phenoxy) is 2. The monoisotopic (exact) mass is 354 g/mol. The van der Waals surface area contributed by atoms with Crippen molar-refractivity contribution in [1.29, 1.82) is 0 Å². The highest BCUT2D eigenvalue weighted by Crippen LogP contribution is 2.31. The first-order valence-electron chi connectivity index (χ1n) is 8.87. The lowest BCUT2D eigenvalue weighted by Gasteiger charge is -2.37. The van der Waals surface area contributed by atoms with Gasteiger partial charge in [-0.1, -0.05) is 17.7 Å². The molecule has 2 aromatic rings. The maximum atomic E-state index is 12.6. The number of hydrogen-bond donors (Lipinski definition) is 1. The molecule has 1 spiro atoms. The number of amides is 1. The van der Waals surface area contributed by atoms with E-state index in [9.17, 15) is 4.79 Å². The van der Waals surface area contributed by atoms with Gasteiger partial charge in [-0.15, -0.1) is 0 Å². The topological polar surface area (TPSA) is 76.6 Å². The highest BCUT2D eigenvalue weighted by molar-refractivity contribution is 5.92. The fraction of sp³-hybridized carbons (Fsp3) is 0.421. The van der Waals surface area contributed by atoms with E-state index in [-0.39, 0.29) is 5.91 Å². The number of rotatable bonds is 3. The number of aryl methyl sites for hydroxylation is 1. The molecule has 1 aromatic carbocycles. The lowest BCUT2D eigenvalue weighted by Crippen LogP contribution is -2.47. The molecular formula is C19H22N4O3.